The van der Waals surface area contributed by atoms with Crippen LogP contribution in [0.4, 0.5) is 0 Å². The summed E-state index contributed by atoms with van der Waals surface area (Å²) in [5.41, 5.74) is 1.51. The lowest BCUT2D eigenvalue weighted by Gasteiger charge is -2.14. The number of rotatable bonds is 6. The van der Waals surface area contributed by atoms with Gasteiger partial charge in [0.1, 0.15) is 13.0 Å². The van der Waals surface area contributed by atoms with E-state index in [0.29, 0.717) is 0 Å². The molecule has 0 radical (unpaired) electrons. The van der Waals surface area contributed by atoms with Gasteiger partial charge in [0.25, 0.3) is 10.1 Å². The van der Waals surface area contributed by atoms with Crippen molar-refractivity contribution < 1.29 is 31.5 Å². The standard InChI is InChI=1S/C21H20NO6S/c1-14-6-5-9-17(10-14)29(25,26)28-18-11-16-12-19(23)22(16)20(18)21(24)27-13-15-7-3-2-4-8-15/h2-10,16,18H,11-13H2,1H3/q+1. The predicted octanol–water partition coefficient (Wildman–Crippen LogP) is 1.97. The molecule has 4 rings (SSSR count). The van der Waals surface area contributed by atoms with Crippen LogP contribution in [0.2, 0.25) is 0 Å². The average Bonchev–Trinajstić information content (AvgIpc) is 2.98. The highest BCUT2D eigenvalue weighted by atomic mass is 32.2. The third kappa shape index (κ3) is 3.86. The lowest BCUT2D eigenvalue weighted by molar-refractivity contribution is -0.522. The predicted molar refractivity (Wildman–Crippen MR) is 103 cm³/mol. The van der Waals surface area contributed by atoms with Crippen molar-refractivity contribution >= 4 is 27.7 Å². The summed E-state index contributed by atoms with van der Waals surface area (Å²) < 4.78 is 37.5. The molecule has 0 aliphatic carbocycles. The summed E-state index contributed by atoms with van der Waals surface area (Å²) in [7, 11) is -4.10. The molecule has 0 saturated carbocycles. The molecule has 0 aromatic heterocycles. The molecule has 2 aromatic carbocycles. The summed E-state index contributed by atoms with van der Waals surface area (Å²) in [6, 6.07) is 15.2. The van der Waals surface area contributed by atoms with Crippen LogP contribution in [-0.2, 0) is 35.2 Å². The largest absolute Gasteiger partial charge is 0.453 e. The summed E-state index contributed by atoms with van der Waals surface area (Å²) in [5.74, 6) is -0.977. The minimum Gasteiger partial charge on any atom is -0.453 e. The number of ether oxygens (including phenoxy) is 1. The molecular weight excluding hydrogens is 394 g/mol. The summed E-state index contributed by atoms with van der Waals surface area (Å²) in [6.45, 7) is 1.80. The van der Waals surface area contributed by atoms with Crippen LogP contribution in [-0.4, -0.2) is 42.7 Å². The van der Waals surface area contributed by atoms with E-state index < -0.39 is 22.2 Å². The first kappa shape index (κ1) is 19.5. The zero-order valence-corrected chi connectivity index (χ0v) is 16.6. The van der Waals surface area contributed by atoms with Gasteiger partial charge in [0.05, 0.1) is 4.90 Å². The molecule has 2 aromatic rings. The molecule has 0 spiro atoms. The van der Waals surface area contributed by atoms with Crippen LogP contribution in [0.15, 0.2) is 59.5 Å². The molecule has 7 nitrogen and oxygen atoms in total. The van der Waals surface area contributed by atoms with Gasteiger partial charge in [-0.15, -0.1) is 0 Å². The second-order valence-corrected chi connectivity index (χ2v) is 8.73. The number of amides is 1. The van der Waals surface area contributed by atoms with Crippen LogP contribution < -0.4 is 0 Å². The molecular formula is C21H20NO6S+. The Morgan fingerprint density at radius 3 is 2.59 bits per heavy atom. The zero-order chi connectivity index (χ0) is 20.6. The van der Waals surface area contributed by atoms with Crippen LogP contribution in [0.1, 0.15) is 24.0 Å². The van der Waals surface area contributed by atoms with Crippen molar-refractivity contribution in [2.45, 2.75) is 43.4 Å². The highest BCUT2D eigenvalue weighted by Gasteiger charge is 2.58. The normalized spacial score (nSPS) is 20.9. The van der Waals surface area contributed by atoms with Gasteiger partial charge in [-0.2, -0.15) is 13.0 Å². The minimum absolute atomic E-state index is 0.00933. The Morgan fingerprint density at radius 1 is 1.14 bits per heavy atom. The number of benzene rings is 2. The minimum atomic E-state index is -4.10. The number of hydrogen-bond acceptors (Lipinski definition) is 6. The van der Waals surface area contributed by atoms with Crippen LogP contribution in [0, 0.1) is 6.92 Å². The third-order valence-electron chi connectivity index (χ3n) is 5.04. The SMILES string of the molecule is Cc1cccc(S(=O)(=O)OC2CC3CC(=O)[N+]3=C2C(=O)OCc2ccccc2)c1. The molecule has 1 fully saturated rings. The van der Waals surface area contributed by atoms with Gasteiger partial charge in [0.2, 0.25) is 0 Å². The number of nitrogens with zero attached hydrogens (tertiary/aromatic N) is 1. The maximum atomic E-state index is 12.7. The van der Waals surface area contributed by atoms with E-state index in [0.717, 1.165) is 11.1 Å². The fourth-order valence-corrected chi connectivity index (χ4v) is 4.77. The molecule has 1 amide bonds. The van der Waals surface area contributed by atoms with Crippen molar-refractivity contribution in [3.05, 3.63) is 65.7 Å². The van der Waals surface area contributed by atoms with E-state index in [1.54, 1.807) is 31.2 Å². The molecule has 1 saturated heterocycles. The first-order chi connectivity index (χ1) is 13.8. The van der Waals surface area contributed by atoms with E-state index >= 15 is 0 Å². The second kappa shape index (κ2) is 7.53. The zero-order valence-electron chi connectivity index (χ0n) is 15.8. The number of hydrogen-bond donors (Lipinski definition) is 0. The lowest BCUT2D eigenvalue weighted by atomic mass is 10.0. The van der Waals surface area contributed by atoms with Gasteiger partial charge in [-0.3, -0.25) is 4.18 Å². The number of carbonyl (C=O) groups is 2. The quantitative estimate of drug-likeness (QED) is 0.311. The van der Waals surface area contributed by atoms with Gasteiger partial charge in [0.15, 0.2) is 12.1 Å². The average molecular weight is 414 g/mol. The van der Waals surface area contributed by atoms with Gasteiger partial charge in [0, 0.05) is 6.42 Å². The number of carbonyl (C=O) groups excluding carboxylic acids is 2. The molecule has 2 heterocycles. The molecule has 2 unspecified atom stereocenters. The molecule has 2 aliphatic rings. The fraction of sp³-hybridized carbons (Fsp3) is 0.286. The van der Waals surface area contributed by atoms with E-state index in [2.05, 4.69) is 0 Å². The van der Waals surface area contributed by atoms with Gasteiger partial charge in [-0.1, -0.05) is 42.5 Å². The van der Waals surface area contributed by atoms with Crippen molar-refractivity contribution in [3.63, 3.8) is 0 Å². The van der Waals surface area contributed by atoms with E-state index in [9.17, 15) is 18.0 Å². The molecule has 8 heteroatoms. The maximum absolute atomic E-state index is 12.7. The molecule has 150 valence electrons. The van der Waals surface area contributed by atoms with Crippen LogP contribution in [0.25, 0.3) is 0 Å². The van der Waals surface area contributed by atoms with Crippen molar-refractivity contribution in [2.75, 3.05) is 0 Å². The first-order valence-corrected chi connectivity index (χ1v) is 10.7. The Kier molecular flexibility index (Phi) is 5.06. The molecule has 2 aliphatic heterocycles. The Morgan fingerprint density at radius 2 is 1.90 bits per heavy atom. The fourth-order valence-electron chi connectivity index (χ4n) is 3.61. The maximum Gasteiger partial charge on any atom is 0.402 e. The van der Waals surface area contributed by atoms with E-state index in [1.807, 2.05) is 18.2 Å². The van der Waals surface area contributed by atoms with Crippen molar-refractivity contribution in [3.8, 4) is 0 Å². The van der Waals surface area contributed by atoms with E-state index in [4.69, 9.17) is 8.92 Å². The van der Waals surface area contributed by atoms with Gasteiger partial charge >= 0.3 is 17.6 Å². The molecule has 0 N–H and O–H groups in total. The van der Waals surface area contributed by atoms with E-state index in [1.165, 1.54) is 16.7 Å². The molecule has 0 bridgehead atoms. The second-order valence-electron chi connectivity index (χ2n) is 7.16. The van der Waals surface area contributed by atoms with Crippen LogP contribution >= 0.6 is 0 Å². The molecule has 2 atom stereocenters. The topological polar surface area (TPSA) is 89.8 Å². The first-order valence-electron chi connectivity index (χ1n) is 9.25. The third-order valence-corrected chi connectivity index (χ3v) is 6.35. The highest BCUT2D eigenvalue weighted by molar-refractivity contribution is 7.86. The number of fused-ring (bicyclic) bond motifs is 1. The van der Waals surface area contributed by atoms with Gasteiger partial charge in [-0.25, -0.2) is 9.59 Å². The number of esters is 1. The Labute approximate surface area is 168 Å². The monoisotopic (exact) mass is 414 g/mol. The summed E-state index contributed by atoms with van der Waals surface area (Å²) in [4.78, 5) is 24.7. The van der Waals surface area contributed by atoms with Crippen LogP contribution in [0.3, 0.4) is 0 Å². The smallest absolute Gasteiger partial charge is 0.402 e. The summed E-state index contributed by atoms with van der Waals surface area (Å²) in [5, 5.41) is 0. The lowest BCUT2D eigenvalue weighted by Crippen LogP contribution is -2.46. The van der Waals surface area contributed by atoms with Gasteiger partial charge in [-0.05, 0) is 30.2 Å². The van der Waals surface area contributed by atoms with Crippen molar-refractivity contribution in [2.24, 2.45) is 0 Å². The summed E-state index contributed by atoms with van der Waals surface area (Å²) in [6.07, 6.45) is -0.549. The Hall–Kier alpha value is -2.84. The van der Waals surface area contributed by atoms with Crippen LogP contribution in [0.5, 0.6) is 0 Å². The Balaban J connectivity index is 1.56. The highest BCUT2D eigenvalue weighted by Crippen LogP contribution is 2.31. The number of β-lactam (4-membered cyclic amide) rings is 1. The molecule has 29 heavy (non-hydrogen) atoms. The summed E-state index contributed by atoms with van der Waals surface area (Å²) >= 11 is 0. The Bertz CT molecular complexity index is 1110. The number of aryl methyl sites for hydroxylation is 1. The van der Waals surface area contributed by atoms with E-state index in [-0.39, 0.29) is 42.0 Å². The van der Waals surface area contributed by atoms with Gasteiger partial charge < -0.3 is 4.74 Å². The van der Waals surface area contributed by atoms with Crippen molar-refractivity contribution in [1.29, 1.82) is 0 Å². The van der Waals surface area contributed by atoms with Crippen molar-refractivity contribution in [1.82, 2.24) is 0 Å².